The van der Waals surface area contributed by atoms with Gasteiger partial charge in [-0.3, -0.25) is 4.99 Å². The fourth-order valence-corrected chi connectivity index (χ4v) is 4.51. The van der Waals surface area contributed by atoms with Gasteiger partial charge in [0.05, 0.1) is 0 Å². The van der Waals surface area contributed by atoms with E-state index in [2.05, 4.69) is 29.0 Å². The number of rotatable bonds is 5. The molecule has 3 aliphatic rings. The van der Waals surface area contributed by atoms with Gasteiger partial charge < -0.3 is 15.1 Å². The molecular formula is C19H37IN4. The highest BCUT2D eigenvalue weighted by atomic mass is 127. The van der Waals surface area contributed by atoms with Crippen LogP contribution in [0.3, 0.4) is 0 Å². The third-order valence-electron chi connectivity index (χ3n) is 6.06. The molecule has 0 amide bonds. The maximum absolute atomic E-state index is 4.99. The Labute approximate surface area is 165 Å². The molecule has 3 fully saturated rings. The molecule has 1 spiro atoms. The zero-order valence-corrected chi connectivity index (χ0v) is 18.1. The van der Waals surface area contributed by atoms with Crippen molar-refractivity contribution in [2.75, 3.05) is 45.8 Å². The normalized spacial score (nSPS) is 25.2. The summed E-state index contributed by atoms with van der Waals surface area (Å²) in [6.07, 6.45) is 9.88. The van der Waals surface area contributed by atoms with Gasteiger partial charge in [0.2, 0.25) is 0 Å². The smallest absolute Gasteiger partial charge is 0.193 e. The predicted molar refractivity (Wildman–Crippen MR) is 113 cm³/mol. The topological polar surface area (TPSA) is 30.9 Å². The van der Waals surface area contributed by atoms with E-state index in [0.717, 1.165) is 13.1 Å². The largest absolute Gasteiger partial charge is 0.357 e. The van der Waals surface area contributed by atoms with Crippen LogP contribution in [0, 0.1) is 11.3 Å². The number of piperidine rings is 1. The summed E-state index contributed by atoms with van der Waals surface area (Å²) in [5, 5.41) is 3.53. The van der Waals surface area contributed by atoms with Crippen molar-refractivity contribution < 1.29 is 0 Å². The second-order valence-corrected chi connectivity index (χ2v) is 8.19. The lowest BCUT2D eigenvalue weighted by atomic mass is 9.68. The van der Waals surface area contributed by atoms with Gasteiger partial charge in [0, 0.05) is 32.7 Å². The van der Waals surface area contributed by atoms with Crippen LogP contribution in [0.4, 0.5) is 0 Å². The van der Waals surface area contributed by atoms with Crippen molar-refractivity contribution in [1.82, 2.24) is 15.1 Å². The molecule has 2 heterocycles. The van der Waals surface area contributed by atoms with E-state index in [0.29, 0.717) is 11.3 Å². The van der Waals surface area contributed by atoms with Gasteiger partial charge in [0.15, 0.2) is 5.96 Å². The molecule has 1 atom stereocenters. The van der Waals surface area contributed by atoms with E-state index in [4.69, 9.17) is 4.99 Å². The lowest BCUT2D eigenvalue weighted by Crippen LogP contribution is -2.43. The molecule has 2 saturated heterocycles. The van der Waals surface area contributed by atoms with Crippen molar-refractivity contribution in [3.8, 4) is 0 Å². The van der Waals surface area contributed by atoms with Gasteiger partial charge in [0.25, 0.3) is 0 Å². The van der Waals surface area contributed by atoms with Crippen LogP contribution in [0.15, 0.2) is 4.99 Å². The summed E-state index contributed by atoms with van der Waals surface area (Å²) >= 11 is 0. The number of halogens is 1. The second kappa shape index (κ2) is 9.60. The lowest BCUT2D eigenvalue weighted by Gasteiger charge is -2.38. The highest BCUT2D eigenvalue weighted by Crippen LogP contribution is 2.47. The van der Waals surface area contributed by atoms with Crippen LogP contribution >= 0.6 is 24.0 Å². The molecule has 1 unspecified atom stereocenters. The van der Waals surface area contributed by atoms with Crippen LogP contribution in [0.1, 0.15) is 58.8 Å². The van der Waals surface area contributed by atoms with E-state index in [9.17, 15) is 0 Å². The Kier molecular flexibility index (Phi) is 8.11. The summed E-state index contributed by atoms with van der Waals surface area (Å²) < 4.78 is 0. The minimum atomic E-state index is 0. The Morgan fingerprint density at radius 1 is 1.08 bits per heavy atom. The third-order valence-corrected chi connectivity index (χ3v) is 6.06. The average Bonchev–Trinajstić information content (AvgIpc) is 2.98. The van der Waals surface area contributed by atoms with E-state index < -0.39 is 0 Å². The number of nitrogens with zero attached hydrogens (tertiary/aromatic N) is 3. The number of nitrogens with one attached hydrogen (secondary N) is 1. The minimum Gasteiger partial charge on any atom is -0.357 e. The molecule has 0 radical (unpaired) electrons. The van der Waals surface area contributed by atoms with Crippen LogP contribution in [-0.2, 0) is 0 Å². The van der Waals surface area contributed by atoms with Gasteiger partial charge in [-0.2, -0.15) is 0 Å². The van der Waals surface area contributed by atoms with Crippen LogP contribution in [-0.4, -0.2) is 61.6 Å². The number of hydrogen-bond acceptors (Lipinski definition) is 2. The lowest BCUT2D eigenvalue weighted by molar-refractivity contribution is 0.151. The summed E-state index contributed by atoms with van der Waals surface area (Å²) in [5.74, 6) is 1.82. The zero-order chi connectivity index (χ0) is 16.1. The van der Waals surface area contributed by atoms with Gasteiger partial charge in [-0.15, -0.1) is 24.0 Å². The summed E-state index contributed by atoms with van der Waals surface area (Å²) in [6.45, 7) is 12.7. The van der Waals surface area contributed by atoms with Crippen molar-refractivity contribution >= 4 is 29.9 Å². The van der Waals surface area contributed by atoms with E-state index >= 15 is 0 Å². The Balaban J connectivity index is 0.00000208. The molecule has 1 saturated carbocycles. The monoisotopic (exact) mass is 448 g/mol. The summed E-state index contributed by atoms with van der Waals surface area (Å²) in [6, 6.07) is 0. The zero-order valence-electron chi connectivity index (χ0n) is 15.7. The van der Waals surface area contributed by atoms with Crippen molar-refractivity contribution in [3.05, 3.63) is 0 Å². The molecule has 1 N–H and O–H groups in total. The minimum absolute atomic E-state index is 0. The van der Waals surface area contributed by atoms with Crippen LogP contribution in [0.5, 0.6) is 0 Å². The number of hydrogen-bond donors (Lipinski definition) is 1. The highest BCUT2D eigenvalue weighted by molar-refractivity contribution is 14.0. The maximum atomic E-state index is 4.99. The Morgan fingerprint density at radius 2 is 1.83 bits per heavy atom. The fourth-order valence-electron chi connectivity index (χ4n) is 4.51. The highest BCUT2D eigenvalue weighted by Gasteiger charge is 2.43. The maximum Gasteiger partial charge on any atom is 0.193 e. The van der Waals surface area contributed by atoms with Crippen LogP contribution in [0.25, 0.3) is 0 Å². The Bertz CT molecular complexity index is 402. The molecule has 24 heavy (non-hydrogen) atoms. The van der Waals surface area contributed by atoms with Crippen molar-refractivity contribution in [1.29, 1.82) is 0 Å². The molecular weight excluding hydrogens is 411 g/mol. The molecule has 0 aromatic rings. The first-order valence-corrected chi connectivity index (χ1v) is 9.96. The first kappa shape index (κ1) is 20.3. The molecule has 0 aromatic carbocycles. The van der Waals surface area contributed by atoms with Crippen molar-refractivity contribution in [2.24, 2.45) is 16.3 Å². The van der Waals surface area contributed by atoms with Crippen molar-refractivity contribution in [3.63, 3.8) is 0 Å². The number of likely N-dealkylation sites (tertiary alicyclic amines) is 2. The molecule has 0 bridgehead atoms. The Morgan fingerprint density at radius 3 is 2.42 bits per heavy atom. The molecule has 140 valence electrons. The van der Waals surface area contributed by atoms with E-state index in [1.165, 1.54) is 83.6 Å². The summed E-state index contributed by atoms with van der Waals surface area (Å²) in [4.78, 5) is 10.1. The first-order valence-electron chi connectivity index (χ1n) is 9.96. The number of guanidine groups is 1. The number of aliphatic imine (C=N–C) groups is 1. The molecule has 3 rings (SSSR count). The predicted octanol–water partition coefficient (Wildman–Crippen LogP) is 3.57. The average molecular weight is 448 g/mol. The van der Waals surface area contributed by atoms with Gasteiger partial charge in [-0.1, -0.05) is 19.8 Å². The van der Waals surface area contributed by atoms with Crippen LogP contribution in [0.2, 0.25) is 0 Å². The van der Waals surface area contributed by atoms with Crippen molar-refractivity contribution in [2.45, 2.75) is 58.8 Å². The van der Waals surface area contributed by atoms with Gasteiger partial charge in [-0.25, -0.2) is 0 Å². The standard InChI is InChI=1S/C19H36N4.HI/c1-3-20-18(23-13-10-19(16-23)8-7-9-19)21-14-17(2)15-22-11-5-4-6-12-22;/h17H,3-16H2,1-2H3,(H,20,21);1H. The van der Waals surface area contributed by atoms with Gasteiger partial charge >= 0.3 is 0 Å². The molecule has 1 aliphatic carbocycles. The Hall–Kier alpha value is -0.0400. The molecule has 4 nitrogen and oxygen atoms in total. The summed E-state index contributed by atoms with van der Waals surface area (Å²) in [7, 11) is 0. The molecule has 0 aromatic heterocycles. The van der Waals surface area contributed by atoms with Crippen LogP contribution < -0.4 is 5.32 Å². The van der Waals surface area contributed by atoms with E-state index in [1.807, 2.05) is 0 Å². The quantitative estimate of drug-likeness (QED) is 0.397. The molecule has 2 aliphatic heterocycles. The van der Waals surface area contributed by atoms with E-state index in [1.54, 1.807) is 0 Å². The fraction of sp³-hybridized carbons (Fsp3) is 0.947. The van der Waals surface area contributed by atoms with Gasteiger partial charge in [0.1, 0.15) is 0 Å². The molecule has 5 heteroatoms. The van der Waals surface area contributed by atoms with Gasteiger partial charge in [-0.05, 0) is 63.5 Å². The SMILES string of the molecule is CCNC(=NCC(C)CN1CCCCC1)N1CCC2(CCC2)C1.I. The first-order chi connectivity index (χ1) is 11.2. The van der Waals surface area contributed by atoms with E-state index in [-0.39, 0.29) is 24.0 Å². The summed E-state index contributed by atoms with van der Waals surface area (Å²) in [5.41, 5.74) is 0.648. The third kappa shape index (κ3) is 5.23. The second-order valence-electron chi connectivity index (χ2n) is 8.19.